The molecule has 0 radical (unpaired) electrons. The monoisotopic (exact) mass is 236 g/mol. The maximum atomic E-state index is 12.5. The van der Waals surface area contributed by atoms with E-state index < -0.39 is 25.0 Å². The fraction of sp³-hybridized carbons (Fsp3) is 0.500. The molecule has 0 saturated heterocycles. The van der Waals surface area contributed by atoms with E-state index in [-0.39, 0.29) is 18.0 Å². The highest BCUT2D eigenvalue weighted by molar-refractivity contribution is 5.85. The van der Waals surface area contributed by atoms with Crippen LogP contribution in [0.5, 0.6) is 0 Å². The third kappa shape index (κ3) is 3.55. The van der Waals surface area contributed by atoms with Crippen molar-refractivity contribution in [3.63, 3.8) is 0 Å². The van der Waals surface area contributed by atoms with E-state index in [1.54, 1.807) is 0 Å². The molecule has 1 heterocycles. The van der Waals surface area contributed by atoms with Gasteiger partial charge in [0.15, 0.2) is 11.5 Å². The number of aromatic carboxylic acids is 1. The first-order valence-electron chi connectivity index (χ1n) is 4.33. The molecule has 3 N–H and O–H groups in total. The number of hydrogen-bond donors (Lipinski definition) is 3. The molecule has 0 aliphatic heterocycles. The van der Waals surface area contributed by atoms with Gasteiger partial charge in [-0.2, -0.15) is 0 Å². The number of hydrogen-bond acceptors (Lipinski definition) is 5. The molecule has 0 bridgehead atoms. The number of rotatable bonds is 6. The SMILES string of the molecule is O=C(O)c1cc(CNCC(F)(F)CO)on1. The second-order valence-electron chi connectivity index (χ2n) is 3.10. The van der Waals surface area contributed by atoms with Gasteiger partial charge in [0, 0.05) is 6.07 Å². The number of carbonyl (C=O) groups is 1. The maximum Gasteiger partial charge on any atom is 0.358 e. The second-order valence-corrected chi connectivity index (χ2v) is 3.10. The van der Waals surface area contributed by atoms with Gasteiger partial charge in [0.1, 0.15) is 6.61 Å². The number of aliphatic hydroxyl groups is 1. The Bertz CT molecular complexity index is 367. The molecule has 0 amide bonds. The van der Waals surface area contributed by atoms with Gasteiger partial charge in [0.05, 0.1) is 13.1 Å². The van der Waals surface area contributed by atoms with E-state index in [2.05, 4.69) is 15.0 Å². The lowest BCUT2D eigenvalue weighted by Gasteiger charge is -2.12. The summed E-state index contributed by atoms with van der Waals surface area (Å²) in [6, 6.07) is 1.13. The smallest absolute Gasteiger partial charge is 0.358 e. The molecule has 0 unspecified atom stereocenters. The van der Waals surface area contributed by atoms with Crippen molar-refractivity contribution >= 4 is 5.97 Å². The molecule has 1 rings (SSSR count). The summed E-state index contributed by atoms with van der Waals surface area (Å²) in [6.07, 6.45) is 0. The first-order chi connectivity index (χ1) is 7.44. The third-order valence-corrected chi connectivity index (χ3v) is 1.69. The highest BCUT2D eigenvalue weighted by Gasteiger charge is 2.27. The van der Waals surface area contributed by atoms with Gasteiger partial charge in [-0.3, -0.25) is 0 Å². The highest BCUT2D eigenvalue weighted by atomic mass is 19.3. The Balaban J connectivity index is 2.40. The zero-order valence-electron chi connectivity index (χ0n) is 8.11. The van der Waals surface area contributed by atoms with E-state index in [9.17, 15) is 13.6 Å². The van der Waals surface area contributed by atoms with Gasteiger partial charge in [-0.05, 0) is 0 Å². The second kappa shape index (κ2) is 4.99. The molecule has 16 heavy (non-hydrogen) atoms. The van der Waals surface area contributed by atoms with Crippen LogP contribution in [0.15, 0.2) is 10.6 Å². The zero-order chi connectivity index (χ0) is 12.2. The number of nitrogens with zero attached hydrogens (tertiary/aromatic N) is 1. The quantitative estimate of drug-likeness (QED) is 0.647. The van der Waals surface area contributed by atoms with Gasteiger partial charge in [-0.25, -0.2) is 13.6 Å². The molecule has 8 heteroatoms. The van der Waals surface area contributed by atoms with E-state index in [1.807, 2.05) is 0 Å². The average Bonchev–Trinajstić information content (AvgIpc) is 2.66. The van der Waals surface area contributed by atoms with E-state index in [4.69, 9.17) is 10.2 Å². The summed E-state index contributed by atoms with van der Waals surface area (Å²) in [5, 5.41) is 22.3. The number of aliphatic hydroxyl groups excluding tert-OH is 1. The summed E-state index contributed by atoms with van der Waals surface area (Å²) in [4.78, 5) is 10.4. The normalized spacial score (nSPS) is 11.7. The van der Waals surface area contributed by atoms with Crippen LogP contribution in [0.1, 0.15) is 16.2 Å². The Morgan fingerprint density at radius 2 is 2.31 bits per heavy atom. The maximum absolute atomic E-state index is 12.5. The molecule has 90 valence electrons. The third-order valence-electron chi connectivity index (χ3n) is 1.69. The minimum absolute atomic E-state index is 0.0874. The van der Waals surface area contributed by atoms with E-state index >= 15 is 0 Å². The standard InChI is InChI=1S/C8H10F2N2O4/c9-8(10,4-13)3-11-2-5-1-6(7(14)15)12-16-5/h1,11,13H,2-4H2,(H,14,15). The number of alkyl halides is 2. The summed E-state index contributed by atoms with van der Waals surface area (Å²) >= 11 is 0. The largest absolute Gasteiger partial charge is 0.476 e. The lowest BCUT2D eigenvalue weighted by atomic mass is 10.3. The van der Waals surface area contributed by atoms with Crippen LogP contribution in [-0.4, -0.2) is 40.4 Å². The molecule has 0 spiro atoms. The van der Waals surface area contributed by atoms with Gasteiger partial charge in [0.2, 0.25) is 0 Å². The van der Waals surface area contributed by atoms with Crippen LogP contribution < -0.4 is 5.32 Å². The van der Waals surface area contributed by atoms with Crippen LogP contribution in [-0.2, 0) is 6.54 Å². The van der Waals surface area contributed by atoms with E-state index in [0.717, 1.165) is 6.07 Å². The van der Waals surface area contributed by atoms with Crippen LogP contribution in [0.4, 0.5) is 8.78 Å². The fourth-order valence-corrected chi connectivity index (χ4v) is 0.922. The molecule has 0 aliphatic carbocycles. The summed E-state index contributed by atoms with van der Waals surface area (Å²) in [5.74, 6) is -4.34. The van der Waals surface area contributed by atoms with Crippen molar-refractivity contribution in [2.24, 2.45) is 0 Å². The van der Waals surface area contributed by atoms with E-state index in [1.165, 1.54) is 0 Å². The van der Waals surface area contributed by atoms with Crippen LogP contribution in [0.25, 0.3) is 0 Å². The predicted molar refractivity (Wildman–Crippen MR) is 47.2 cm³/mol. The average molecular weight is 236 g/mol. The molecule has 0 fully saturated rings. The van der Waals surface area contributed by atoms with Gasteiger partial charge in [0.25, 0.3) is 5.92 Å². The topological polar surface area (TPSA) is 95.6 Å². The van der Waals surface area contributed by atoms with Gasteiger partial charge in [-0.15, -0.1) is 0 Å². The van der Waals surface area contributed by atoms with Crippen LogP contribution in [0.3, 0.4) is 0 Å². The molecule has 0 atom stereocenters. The Kier molecular flexibility index (Phi) is 3.91. The van der Waals surface area contributed by atoms with Gasteiger partial charge in [-0.1, -0.05) is 5.16 Å². The predicted octanol–water partition coefficient (Wildman–Crippen LogP) is 0.0900. The first-order valence-corrected chi connectivity index (χ1v) is 4.33. The Morgan fingerprint density at radius 1 is 1.62 bits per heavy atom. The summed E-state index contributed by atoms with van der Waals surface area (Å²) in [5.41, 5.74) is -0.286. The van der Waals surface area contributed by atoms with Crippen LogP contribution in [0.2, 0.25) is 0 Å². The molecule has 1 aromatic rings. The lowest BCUT2D eigenvalue weighted by molar-refractivity contribution is -0.0480. The molecular formula is C8H10F2N2O4. The summed E-state index contributed by atoms with van der Waals surface area (Å²) < 4.78 is 29.6. The lowest BCUT2D eigenvalue weighted by Crippen LogP contribution is -2.35. The van der Waals surface area contributed by atoms with Gasteiger partial charge < -0.3 is 20.1 Å². The van der Waals surface area contributed by atoms with Crippen molar-refractivity contribution in [2.75, 3.05) is 13.2 Å². The van der Waals surface area contributed by atoms with E-state index in [0.29, 0.717) is 0 Å². The zero-order valence-corrected chi connectivity index (χ0v) is 8.11. The van der Waals surface area contributed by atoms with Crippen LogP contribution >= 0.6 is 0 Å². The summed E-state index contributed by atoms with van der Waals surface area (Å²) in [6.45, 7) is -2.07. The number of carboxylic acids is 1. The number of carboxylic acid groups (broad SMARTS) is 1. The van der Waals surface area contributed by atoms with Crippen molar-refractivity contribution < 1.29 is 28.3 Å². The van der Waals surface area contributed by atoms with Crippen LogP contribution in [0, 0.1) is 0 Å². The molecule has 6 nitrogen and oxygen atoms in total. The molecular weight excluding hydrogens is 226 g/mol. The molecule has 0 aliphatic rings. The first kappa shape index (κ1) is 12.5. The molecule has 0 aromatic carbocycles. The fourth-order valence-electron chi connectivity index (χ4n) is 0.922. The van der Waals surface area contributed by atoms with Crippen molar-refractivity contribution in [1.82, 2.24) is 10.5 Å². The number of nitrogens with one attached hydrogen (secondary N) is 1. The minimum atomic E-state index is -3.21. The Morgan fingerprint density at radius 3 is 2.81 bits per heavy atom. The van der Waals surface area contributed by atoms with Crippen molar-refractivity contribution in [3.8, 4) is 0 Å². The molecule has 1 aromatic heterocycles. The minimum Gasteiger partial charge on any atom is -0.476 e. The molecule has 0 saturated carbocycles. The number of aromatic nitrogens is 1. The van der Waals surface area contributed by atoms with Crippen molar-refractivity contribution in [3.05, 3.63) is 17.5 Å². The summed E-state index contributed by atoms with van der Waals surface area (Å²) in [7, 11) is 0. The Labute approximate surface area is 88.9 Å². The van der Waals surface area contributed by atoms with Gasteiger partial charge >= 0.3 is 5.97 Å². The Hall–Kier alpha value is -1.54. The highest BCUT2D eigenvalue weighted by Crippen LogP contribution is 2.10. The van der Waals surface area contributed by atoms with Crippen molar-refractivity contribution in [1.29, 1.82) is 0 Å². The van der Waals surface area contributed by atoms with Crippen molar-refractivity contribution in [2.45, 2.75) is 12.5 Å². The number of halogens is 2.